The number of amides is 1. The van der Waals surface area contributed by atoms with E-state index in [0.717, 1.165) is 10.9 Å². The molecular weight excluding hydrogens is 387 g/mol. The molecule has 0 saturated carbocycles. The van der Waals surface area contributed by atoms with Crippen molar-refractivity contribution in [2.24, 2.45) is 0 Å². The van der Waals surface area contributed by atoms with E-state index in [1.165, 1.54) is 18.5 Å². The summed E-state index contributed by atoms with van der Waals surface area (Å²) in [6.45, 7) is 4.92. The smallest absolute Gasteiger partial charge is 0.254 e. The first-order chi connectivity index (χ1) is 14.5. The first-order valence-corrected chi connectivity index (χ1v) is 9.51. The van der Waals surface area contributed by atoms with Crippen LogP contribution in [0.4, 0.5) is 10.2 Å². The van der Waals surface area contributed by atoms with Gasteiger partial charge in [0.25, 0.3) is 5.91 Å². The maximum Gasteiger partial charge on any atom is 0.254 e. The van der Waals surface area contributed by atoms with E-state index in [1.807, 2.05) is 0 Å². The number of rotatable bonds is 7. The Balaban J connectivity index is 1.40. The Morgan fingerprint density at radius 3 is 2.73 bits per heavy atom. The van der Waals surface area contributed by atoms with Crippen molar-refractivity contribution in [3.63, 3.8) is 0 Å². The summed E-state index contributed by atoms with van der Waals surface area (Å²) in [5, 5.41) is 11.2. The van der Waals surface area contributed by atoms with Crippen LogP contribution >= 0.6 is 0 Å². The molecule has 0 radical (unpaired) electrons. The second-order valence-corrected chi connectivity index (χ2v) is 6.89. The molecule has 3 heterocycles. The first kappa shape index (κ1) is 19.6. The molecule has 1 aromatic carbocycles. The molecule has 8 nitrogen and oxygen atoms in total. The van der Waals surface area contributed by atoms with Crippen molar-refractivity contribution in [2.75, 3.05) is 11.9 Å². The number of nitrogens with zero attached hydrogens (tertiary/aromatic N) is 4. The van der Waals surface area contributed by atoms with Crippen molar-refractivity contribution in [2.45, 2.75) is 26.9 Å². The van der Waals surface area contributed by atoms with E-state index >= 15 is 0 Å². The van der Waals surface area contributed by atoms with Crippen molar-refractivity contribution in [1.82, 2.24) is 25.1 Å². The normalized spacial score (nSPS) is 11.0. The van der Waals surface area contributed by atoms with Crippen molar-refractivity contribution in [3.8, 4) is 0 Å². The number of hydrogen-bond donors (Lipinski definition) is 2. The lowest BCUT2D eigenvalue weighted by molar-refractivity contribution is 0.0950. The number of nitrogens with one attached hydrogen (secondary N) is 2. The summed E-state index contributed by atoms with van der Waals surface area (Å²) in [6.07, 6.45) is 3.15. The molecular formula is C21H21FN6O2. The Bertz CT molecular complexity index is 1180. The highest BCUT2D eigenvalue weighted by Crippen LogP contribution is 2.19. The molecule has 2 N–H and O–H groups in total. The minimum atomic E-state index is -0.269. The van der Waals surface area contributed by atoms with Gasteiger partial charge in [-0.05, 0) is 37.6 Å². The number of carbonyl (C=O) groups excluding carboxylic acids is 1. The van der Waals surface area contributed by atoms with Crippen LogP contribution < -0.4 is 10.6 Å². The van der Waals surface area contributed by atoms with E-state index in [9.17, 15) is 9.18 Å². The zero-order chi connectivity index (χ0) is 21.1. The lowest BCUT2D eigenvalue weighted by Gasteiger charge is -2.08. The number of carbonyl (C=O) groups is 1. The van der Waals surface area contributed by atoms with Crippen LogP contribution in [-0.4, -0.2) is 32.2 Å². The van der Waals surface area contributed by atoms with Gasteiger partial charge in [0.2, 0.25) is 0 Å². The van der Waals surface area contributed by atoms with E-state index in [2.05, 4.69) is 25.7 Å². The lowest BCUT2D eigenvalue weighted by Crippen LogP contribution is -2.27. The van der Waals surface area contributed by atoms with Gasteiger partial charge >= 0.3 is 0 Å². The van der Waals surface area contributed by atoms with Gasteiger partial charge in [-0.25, -0.2) is 19.0 Å². The summed E-state index contributed by atoms with van der Waals surface area (Å²) in [4.78, 5) is 20.9. The largest absolute Gasteiger partial charge is 0.466 e. The Kier molecular flexibility index (Phi) is 5.42. The number of aryl methyl sites for hydroxylation is 2. The average Bonchev–Trinajstić information content (AvgIpc) is 3.30. The number of furan rings is 1. The predicted octanol–water partition coefficient (Wildman–Crippen LogP) is 3.22. The number of fused-ring (bicyclic) bond motifs is 1. The van der Waals surface area contributed by atoms with Crippen molar-refractivity contribution >= 4 is 22.8 Å². The number of benzene rings is 1. The Morgan fingerprint density at radius 2 is 2.00 bits per heavy atom. The Hall–Kier alpha value is -3.75. The van der Waals surface area contributed by atoms with Crippen LogP contribution in [0, 0.1) is 19.7 Å². The van der Waals surface area contributed by atoms with Gasteiger partial charge in [0.05, 0.1) is 23.7 Å². The zero-order valence-corrected chi connectivity index (χ0v) is 16.6. The highest BCUT2D eigenvalue weighted by Gasteiger charge is 2.14. The predicted molar refractivity (Wildman–Crippen MR) is 110 cm³/mol. The molecule has 0 saturated heterocycles. The van der Waals surface area contributed by atoms with Crippen LogP contribution in [0.1, 0.15) is 27.4 Å². The molecule has 0 bridgehead atoms. The standard InChI is InChI=1S/C21H21FN6O2/c1-13-9-17(14(2)30-13)21(29)23-7-8-28-20-18(11-27-28)19(25-12-26-20)24-10-15-3-5-16(22)6-4-15/h3-6,9,11-12H,7-8,10H2,1-2H3,(H,23,29)(H,24,25,26). The minimum absolute atomic E-state index is 0.183. The number of hydrogen-bond acceptors (Lipinski definition) is 6. The molecule has 0 fully saturated rings. The Labute approximate surface area is 172 Å². The van der Waals surface area contributed by atoms with E-state index in [0.29, 0.717) is 48.2 Å². The molecule has 0 aliphatic rings. The van der Waals surface area contributed by atoms with Gasteiger partial charge in [-0.1, -0.05) is 12.1 Å². The van der Waals surface area contributed by atoms with Gasteiger partial charge in [0.15, 0.2) is 5.65 Å². The fourth-order valence-electron chi connectivity index (χ4n) is 3.21. The van der Waals surface area contributed by atoms with E-state index in [-0.39, 0.29) is 11.7 Å². The molecule has 30 heavy (non-hydrogen) atoms. The maximum absolute atomic E-state index is 13.0. The van der Waals surface area contributed by atoms with E-state index in [4.69, 9.17) is 4.42 Å². The molecule has 1 amide bonds. The zero-order valence-electron chi connectivity index (χ0n) is 16.6. The van der Waals surface area contributed by atoms with Crippen LogP contribution in [0.2, 0.25) is 0 Å². The van der Waals surface area contributed by atoms with Gasteiger partial charge in [0.1, 0.15) is 29.5 Å². The molecule has 154 valence electrons. The highest BCUT2D eigenvalue weighted by atomic mass is 19.1. The third kappa shape index (κ3) is 4.14. The lowest BCUT2D eigenvalue weighted by atomic mass is 10.2. The first-order valence-electron chi connectivity index (χ1n) is 9.51. The van der Waals surface area contributed by atoms with Gasteiger partial charge in [0, 0.05) is 13.1 Å². The SMILES string of the molecule is Cc1cc(C(=O)NCCn2ncc3c(NCc4ccc(F)cc4)ncnc32)c(C)o1. The van der Waals surface area contributed by atoms with Crippen LogP contribution in [0.25, 0.3) is 11.0 Å². The average molecular weight is 408 g/mol. The van der Waals surface area contributed by atoms with Gasteiger partial charge in [-0.2, -0.15) is 5.10 Å². The molecule has 3 aromatic heterocycles. The number of aromatic nitrogens is 4. The summed E-state index contributed by atoms with van der Waals surface area (Å²) in [7, 11) is 0. The van der Waals surface area contributed by atoms with Crippen LogP contribution in [0.15, 0.2) is 47.3 Å². The second kappa shape index (κ2) is 8.32. The van der Waals surface area contributed by atoms with Crippen LogP contribution in [0.3, 0.4) is 0 Å². The van der Waals surface area contributed by atoms with Crippen molar-refractivity contribution in [1.29, 1.82) is 0 Å². The van der Waals surface area contributed by atoms with E-state index < -0.39 is 0 Å². The minimum Gasteiger partial charge on any atom is -0.466 e. The molecule has 9 heteroatoms. The Morgan fingerprint density at radius 1 is 1.20 bits per heavy atom. The molecule has 0 aliphatic heterocycles. The number of halogens is 1. The molecule has 4 rings (SSSR count). The third-order valence-corrected chi connectivity index (χ3v) is 4.70. The summed E-state index contributed by atoms with van der Waals surface area (Å²) in [5.74, 6) is 1.49. The third-order valence-electron chi connectivity index (χ3n) is 4.70. The quantitative estimate of drug-likeness (QED) is 0.487. The van der Waals surface area contributed by atoms with E-state index in [1.54, 1.807) is 42.9 Å². The topological polar surface area (TPSA) is 97.9 Å². The molecule has 0 aliphatic carbocycles. The van der Waals surface area contributed by atoms with Crippen LogP contribution in [0.5, 0.6) is 0 Å². The molecule has 0 spiro atoms. The number of anilines is 1. The summed E-state index contributed by atoms with van der Waals surface area (Å²) in [5.41, 5.74) is 2.13. The van der Waals surface area contributed by atoms with Crippen molar-refractivity contribution < 1.29 is 13.6 Å². The van der Waals surface area contributed by atoms with Gasteiger partial charge in [-0.15, -0.1) is 0 Å². The summed E-state index contributed by atoms with van der Waals surface area (Å²) in [6, 6.07) is 8.00. The summed E-state index contributed by atoms with van der Waals surface area (Å²) < 4.78 is 20.2. The summed E-state index contributed by atoms with van der Waals surface area (Å²) >= 11 is 0. The van der Waals surface area contributed by atoms with Gasteiger partial charge in [-0.3, -0.25) is 4.79 Å². The fourth-order valence-corrected chi connectivity index (χ4v) is 3.21. The maximum atomic E-state index is 13.0. The second-order valence-electron chi connectivity index (χ2n) is 6.89. The molecule has 0 unspecified atom stereocenters. The van der Waals surface area contributed by atoms with Crippen molar-refractivity contribution in [3.05, 3.63) is 71.3 Å². The van der Waals surface area contributed by atoms with Gasteiger partial charge < -0.3 is 15.1 Å². The monoisotopic (exact) mass is 408 g/mol. The molecule has 4 aromatic rings. The highest BCUT2D eigenvalue weighted by molar-refractivity contribution is 5.95. The molecule has 0 atom stereocenters. The van der Waals surface area contributed by atoms with Crippen LogP contribution in [-0.2, 0) is 13.1 Å². The fraction of sp³-hybridized carbons (Fsp3) is 0.238.